The summed E-state index contributed by atoms with van der Waals surface area (Å²) in [5.41, 5.74) is 4.28. The van der Waals surface area contributed by atoms with Crippen molar-refractivity contribution in [3.05, 3.63) is 173 Å². The predicted molar refractivity (Wildman–Crippen MR) is 241 cm³/mol. The van der Waals surface area contributed by atoms with Crippen molar-refractivity contribution in [2.75, 3.05) is 13.2 Å². The van der Waals surface area contributed by atoms with Gasteiger partial charge in [-0.2, -0.15) is 8.42 Å². The van der Waals surface area contributed by atoms with Crippen LogP contribution in [0.15, 0.2) is 150 Å². The van der Waals surface area contributed by atoms with Crippen LogP contribution >= 0.6 is 0 Å². The molecule has 2 fully saturated rings. The SMILES string of the molecule is CC(=O)O[C@@H]1[C@@H](OC(C)=O)[C@H](O)O[C@H](COS(=O)(=O)c2ccc(C)cc2)[C@@H]1O[C@H]1O[C@H](COCc2ccccc2)[C@H](OCc2ccccc2)[C@H](OCc2ccccc2)[C@H]1OCc1ccccc1. The minimum Gasteiger partial charge on any atom is -0.455 e. The summed E-state index contributed by atoms with van der Waals surface area (Å²) in [5, 5.41) is 11.3. The molecule has 2 aliphatic rings. The van der Waals surface area contributed by atoms with Crippen molar-refractivity contribution in [2.45, 2.75) is 114 Å². The normalized spacial score (nSPS) is 25.3. The lowest BCUT2D eigenvalue weighted by Crippen LogP contribution is -2.66. The zero-order valence-corrected chi connectivity index (χ0v) is 38.3. The summed E-state index contributed by atoms with van der Waals surface area (Å²) in [4.78, 5) is 25.2. The van der Waals surface area contributed by atoms with E-state index in [2.05, 4.69) is 0 Å². The van der Waals surface area contributed by atoms with Gasteiger partial charge in [-0.3, -0.25) is 13.8 Å². The Morgan fingerprint density at radius 1 is 0.522 bits per heavy atom. The first-order valence-corrected chi connectivity index (χ1v) is 23.4. The van der Waals surface area contributed by atoms with Crippen LogP contribution in [0.1, 0.15) is 41.7 Å². The number of ether oxygens (including phenoxy) is 9. The third kappa shape index (κ3) is 14.1. The first kappa shape index (κ1) is 49.5. The zero-order chi connectivity index (χ0) is 47.2. The molecule has 1 N–H and O–H groups in total. The Hall–Kier alpha value is -5.37. The van der Waals surface area contributed by atoms with E-state index in [-0.39, 0.29) is 37.9 Å². The third-order valence-electron chi connectivity index (χ3n) is 11.0. The average molecular weight is 941 g/mol. The molecule has 0 saturated carbocycles. The number of aryl methyl sites for hydroxylation is 1. The van der Waals surface area contributed by atoms with Gasteiger partial charge in [0, 0.05) is 13.8 Å². The lowest BCUT2D eigenvalue weighted by molar-refractivity contribution is -0.367. The van der Waals surface area contributed by atoms with Crippen LogP contribution in [0, 0.1) is 6.92 Å². The maximum atomic E-state index is 13.6. The number of aliphatic hydroxyl groups is 1. The molecule has 2 saturated heterocycles. The maximum Gasteiger partial charge on any atom is 0.303 e. The topological polar surface area (TPSA) is 181 Å². The second kappa shape index (κ2) is 24.1. The number of hydrogen-bond donors (Lipinski definition) is 1. The van der Waals surface area contributed by atoms with Crippen LogP contribution in [0.3, 0.4) is 0 Å². The van der Waals surface area contributed by atoms with E-state index in [0.717, 1.165) is 41.7 Å². The molecule has 2 heterocycles. The fourth-order valence-corrected chi connectivity index (χ4v) is 8.70. The summed E-state index contributed by atoms with van der Waals surface area (Å²) in [5.74, 6) is -1.66. The highest BCUT2D eigenvalue weighted by Gasteiger charge is 2.55. The van der Waals surface area contributed by atoms with Gasteiger partial charge >= 0.3 is 11.9 Å². The van der Waals surface area contributed by atoms with Crippen molar-refractivity contribution in [2.24, 2.45) is 0 Å². The van der Waals surface area contributed by atoms with Gasteiger partial charge < -0.3 is 47.7 Å². The van der Waals surface area contributed by atoms with Gasteiger partial charge in [-0.15, -0.1) is 0 Å². The van der Waals surface area contributed by atoms with E-state index in [1.807, 2.05) is 128 Å². The lowest BCUT2D eigenvalue weighted by atomic mass is 9.96. The van der Waals surface area contributed by atoms with E-state index < -0.39 is 90.1 Å². The summed E-state index contributed by atoms with van der Waals surface area (Å²) in [6, 6.07) is 44.2. The molecule has 0 aliphatic carbocycles. The molecule has 0 bridgehead atoms. The largest absolute Gasteiger partial charge is 0.455 e. The highest BCUT2D eigenvalue weighted by Crippen LogP contribution is 2.36. The molecule has 15 nitrogen and oxygen atoms in total. The first-order chi connectivity index (χ1) is 32.4. The van der Waals surface area contributed by atoms with Crippen LogP contribution in [0.25, 0.3) is 0 Å². The molecule has 5 aromatic carbocycles. The van der Waals surface area contributed by atoms with Crippen molar-refractivity contribution in [1.82, 2.24) is 0 Å². The van der Waals surface area contributed by atoms with E-state index in [4.69, 9.17) is 46.8 Å². The van der Waals surface area contributed by atoms with Gasteiger partial charge in [0.1, 0.15) is 36.6 Å². The minimum atomic E-state index is -4.41. The zero-order valence-electron chi connectivity index (χ0n) is 37.4. The Bertz CT molecular complexity index is 2390. The van der Waals surface area contributed by atoms with Gasteiger partial charge in [0.05, 0.1) is 44.5 Å². The van der Waals surface area contributed by atoms with Gasteiger partial charge in [0.15, 0.2) is 24.8 Å². The average Bonchev–Trinajstić information content (AvgIpc) is 3.32. The summed E-state index contributed by atoms with van der Waals surface area (Å²) >= 11 is 0. The smallest absolute Gasteiger partial charge is 0.303 e. The second-order valence-electron chi connectivity index (χ2n) is 16.2. The summed E-state index contributed by atoms with van der Waals surface area (Å²) in [7, 11) is -4.41. The molecule has 0 amide bonds. The van der Waals surface area contributed by atoms with Crippen molar-refractivity contribution >= 4 is 22.1 Å². The fourth-order valence-electron chi connectivity index (χ4n) is 7.78. The van der Waals surface area contributed by atoms with Crippen molar-refractivity contribution in [3.63, 3.8) is 0 Å². The summed E-state index contributed by atoms with van der Waals surface area (Å²) < 4.78 is 90.4. The fraction of sp³-hybridized carbons (Fsp3) is 0.373. The van der Waals surface area contributed by atoms with E-state index in [1.54, 1.807) is 12.1 Å². The van der Waals surface area contributed by atoms with Gasteiger partial charge in [0.25, 0.3) is 10.1 Å². The molecule has 10 atom stereocenters. The Kier molecular flexibility index (Phi) is 17.8. The van der Waals surface area contributed by atoms with E-state index in [0.29, 0.717) is 0 Å². The molecule has 2 aliphatic heterocycles. The van der Waals surface area contributed by atoms with Crippen LogP contribution in [-0.2, 0) is 92.9 Å². The number of hydrogen-bond acceptors (Lipinski definition) is 15. The van der Waals surface area contributed by atoms with Crippen LogP contribution in [-0.4, -0.2) is 100 Å². The van der Waals surface area contributed by atoms with E-state index in [1.165, 1.54) is 12.1 Å². The molecule has 0 spiro atoms. The monoisotopic (exact) mass is 940 g/mol. The summed E-state index contributed by atoms with van der Waals surface area (Å²) in [6.07, 6.45) is -13.5. The molecule has 16 heteroatoms. The lowest BCUT2D eigenvalue weighted by Gasteiger charge is -2.49. The molecule has 0 aromatic heterocycles. The highest BCUT2D eigenvalue weighted by molar-refractivity contribution is 7.86. The maximum absolute atomic E-state index is 13.6. The predicted octanol–water partition coefficient (Wildman–Crippen LogP) is 6.36. The van der Waals surface area contributed by atoms with Gasteiger partial charge in [0.2, 0.25) is 0 Å². The number of carbonyl (C=O) groups excluding carboxylic acids is 2. The van der Waals surface area contributed by atoms with Crippen LogP contribution in [0.5, 0.6) is 0 Å². The van der Waals surface area contributed by atoms with Gasteiger partial charge in [-0.05, 0) is 41.3 Å². The van der Waals surface area contributed by atoms with Crippen LogP contribution in [0.2, 0.25) is 0 Å². The molecule has 356 valence electrons. The van der Waals surface area contributed by atoms with Crippen molar-refractivity contribution in [1.29, 1.82) is 0 Å². The first-order valence-electron chi connectivity index (χ1n) is 22.0. The van der Waals surface area contributed by atoms with Crippen LogP contribution < -0.4 is 0 Å². The molecule has 67 heavy (non-hydrogen) atoms. The molecular weight excluding hydrogens is 885 g/mol. The van der Waals surface area contributed by atoms with Crippen molar-refractivity contribution < 1.29 is 69.9 Å². The quantitative estimate of drug-likeness (QED) is 0.0634. The Morgan fingerprint density at radius 2 is 0.970 bits per heavy atom. The highest BCUT2D eigenvalue weighted by atomic mass is 32.2. The molecular formula is C51H56O15S. The number of benzene rings is 5. The Labute approximate surface area is 390 Å². The van der Waals surface area contributed by atoms with Crippen LogP contribution in [0.4, 0.5) is 0 Å². The molecule has 0 unspecified atom stereocenters. The number of rotatable bonds is 21. The van der Waals surface area contributed by atoms with E-state index in [9.17, 15) is 23.1 Å². The van der Waals surface area contributed by atoms with Gasteiger partial charge in [-0.1, -0.05) is 139 Å². The Morgan fingerprint density at radius 3 is 1.48 bits per heavy atom. The molecule has 0 radical (unpaired) electrons. The number of aliphatic hydroxyl groups excluding tert-OH is 1. The summed E-state index contributed by atoms with van der Waals surface area (Å²) in [6.45, 7) is 3.82. The molecule has 7 rings (SSSR count). The molecule has 5 aromatic rings. The standard InChI is InChI=1S/C51H56O15S/c1-34-24-26-41(27-25-34)67(55,56)61-33-43-45(47(62-35(2)52)48(50(54)64-43)63-36(3)53)66-51-49(60-31-40-22-14-7-15-23-40)46(59-30-39-20-12-6-13-21-39)44(58-29-38-18-10-5-11-19-38)42(65-51)32-57-28-37-16-8-4-9-17-37/h4-27,42-51,54H,28-33H2,1-3H3/t42-,43-,44+,45+,46+,47+,48-,49-,50-,51-/m1/s1. The Balaban J connectivity index is 1.29. The van der Waals surface area contributed by atoms with E-state index >= 15 is 0 Å². The minimum absolute atomic E-state index is 0.0323. The number of carbonyl (C=O) groups is 2. The van der Waals surface area contributed by atoms with Gasteiger partial charge in [-0.25, -0.2) is 0 Å². The van der Waals surface area contributed by atoms with Crippen molar-refractivity contribution in [3.8, 4) is 0 Å². The number of esters is 2. The second-order valence-corrected chi connectivity index (χ2v) is 17.8. The third-order valence-corrected chi connectivity index (χ3v) is 12.3.